The fourth-order valence-electron chi connectivity index (χ4n) is 4.45. The molecule has 0 spiro atoms. The fourth-order valence-corrected chi connectivity index (χ4v) is 6.11. The maximum absolute atomic E-state index is 13.8. The van der Waals surface area contributed by atoms with Crippen molar-refractivity contribution in [3.8, 4) is 17.2 Å². The largest absolute Gasteiger partial charge is 0.481 e. The molecule has 0 saturated carbocycles. The molecule has 0 aromatic heterocycles. The summed E-state index contributed by atoms with van der Waals surface area (Å²) in [5.74, 6) is 1.59. The van der Waals surface area contributed by atoms with Crippen molar-refractivity contribution in [2.45, 2.75) is 59.9 Å². The second kappa shape index (κ2) is 15.1. The van der Waals surface area contributed by atoms with E-state index in [1.807, 2.05) is 38.1 Å². The quantitative estimate of drug-likeness (QED) is 0.115. The molecule has 0 amide bonds. The smallest absolute Gasteiger partial charge is 0.354 e. The number of carbonyl (C=O) groups is 1. The Labute approximate surface area is 243 Å². The lowest BCUT2D eigenvalue weighted by Gasteiger charge is -2.24. The van der Waals surface area contributed by atoms with Crippen molar-refractivity contribution in [3.05, 3.63) is 88.5 Å². The minimum absolute atomic E-state index is 0.208. The molecule has 0 saturated heterocycles. The monoisotopic (exact) mass is 583 g/mol. The SMILES string of the molecule is CCOC(=O)[C@H](C)NP(=O)(COc1cc(C)c(Cc2ccc(OCOC)c(C(C)C)c2)c(C)c1)Oc1ccccc1. The van der Waals surface area contributed by atoms with Crippen LogP contribution in [0.4, 0.5) is 0 Å². The van der Waals surface area contributed by atoms with Gasteiger partial charge in [0.05, 0.1) is 6.61 Å². The normalized spacial score (nSPS) is 13.4. The average Bonchev–Trinajstić information content (AvgIpc) is 2.93. The molecule has 3 rings (SSSR count). The first kappa shape index (κ1) is 32.2. The van der Waals surface area contributed by atoms with Gasteiger partial charge in [0.25, 0.3) is 0 Å². The molecule has 1 unspecified atom stereocenters. The Kier molecular flexibility index (Phi) is 11.8. The molecule has 222 valence electrons. The third-order valence-electron chi connectivity index (χ3n) is 6.51. The summed E-state index contributed by atoms with van der Waals surface area (Å²) in [6, 6.07) is 18.1. The first-order valence-corrected chi connectivity index (χ1v) is 15.6. The molecule has 0 fully saturated rings. The minimum Gasteiger partial charge on any atom is -0.481 e. The predicted molar refractivity (Wildman–Crippen MR) is 161 cm³/mol. The maximum Gasteiger partial charge on any atom is 0.354 e. The van der Waals surface area contributed by atoms with Crippen molar-refractivity contribution >= 4 is 13.5 Å². The van der Waals surface area contributed by atoms with Crippen LogP contribution in [0.1, 0.15) is 61.4 Å². The van der Waals surface area contributed by atoms with E-state index in [9.17, 15) is 9.36 Å². The fraction of sp³-hybridized carbons (Fsp3) is 0.406. The predicted octanol–water partition coefficient (Wildman–Crippen LogP) is 7.15. The minimum atomic E-state index is -3.66. The third kappa shape index (κ3) is 9.35. The van der Waals surface area contributed by atoms with Crippen LogP contribution in [0.5, 0.6) is 17.2 Å². The highest BCUT2D eigenvalue weighted by Gasteiger charge is 2.31. The van der Waals surface area contributed by atoms with E-state index in [1.165, 1.54) is 11.1 Å². The molecule has 8 nitrogen and oxygen atoms in total. The highest BCUT2D eigenvalue weighted by molar-refractivity contribution is 7.57. The average molecular weight is 584 g/mol. The van der Waals surface area contributed by atoms with E-state index >= 15 is 0 Å². The maximum atomic E-state index is 13.8. The summed E-state index contributed by atoms with van der Waals surface area (Å²) in [6.07, 6.45) is 0.473. The summed E-state index contributed by atoms with van der Waals surface area (Å²) in [4.78, 5) is 12.2. The van der Waals surface area contributed by atoms with Crippen LogP contribution in [0.25, 0.3) is 0 Å². The number of nitrogens with one attached hydrogen (secondary N) is 1. The van der Waals surface area contributed by atoms with Gasteiger partial charge in [-0.05, 0) is 98.2 Å². The Morgan fingerprint density at radius 2 is 1.61 bits per heavy atom. The third-order valence-corrected chi connectivity index (χ3v) is 8.26. The molecular weight excluding hydrogens is 541 g/mol. The summed E-state index contributed by atoms with van der Waals surface area (Å²) in [5, 5.41) is 2.82. The van der Waals surface area contributed by atoms with E-state index in [0.29, 0.717) is 17.4 Å². The summed E-state index contributed by atoms with van der Waals surface area (Å²) in [5.41, 5.74) is 5.61. The molecule has 9 heteroatoms. The Bertz CT molecular complexity index is 1320. The van der Waals surface area contributed by atoms with Gasteiger partial charge in [0, 0.05) is 7.11 Å². The van der Waals surface area contributed by atoms with Crippen molar-refractivity contribution < 1.29 is 32.8 Å². The standard InChI is InChI=1S/C32H42NO7P/c1-8-37-32(34)25(6)33-41(35,40-27-12-10-9-11-13-27)21-39-28-16-23(4)30(24(5)17-28)19-26-14-15-31(38-20-36-7)29(18-26)22(2)3/h9-18,22,25H,8,19-21H2,1-7H3,(H,33,35)/t25-,41?/m0/s1. The van der Waals surface area contributed by atoms with E-state index in [4.69, 9.17) is 23.5 Å². The van der Waals surface area contributed by atoms with Crippen molar-refractivity contribution in [1.29, 1.82) is 0 Å². The van der Waals surface area contributed by atoms with E-state index in [-0.39, 0.29) is 19.7 Å². The molecule has 3 aromatic carbocycles. The number of aryl methyl sites for hydroxylation is 2. The van der Waals surface area contributed by atoms with Crippen LogP contribution in [0, 0.1) is 13.8 Å². The molecule has 3 aromatic rings. The molecule has 0 aliphatic rings. The number of hydrogen-bond acceptors (Lipinski definition) is 7. The number of hydrogen-bond donors (Lipinski definition) is 1. The summed E-state index contributed by atoms with van der Waals surface area (Å²) in [7, 11) is -2.05. The molecule has 1 N–H and O–H groups in total. The zero-order valence-corrected chi connectivity index (χ0v) is 26.0. The van der Waals surface area contributed by atoms with Crippen LogP contribution >= 0.6 is 7.52 Å². The van der Waals surface area contributed by atoms with Gasteiger partial charge in [-0.1, -0.05) is 44.2 Å². The van der Waals surface area contributed by atoms with Gasteiger partial charge in [0.15, 0.2) is 13.1 Å². The van der Waals surface area contributed by atoms with Gasteiger partial charge in [-0.2, -0.15) is 0 Å². The van der Waals surface area contributed by atoms with Crippen molar-refractivity contribution in [1.82, 2.24) is 5.09 Å². The number of rotatable bonds is 15. The molecule has 41 heavy (non-hydrogen) atoms. The van der Waals surface area contributed by atoms with E-state index in [1.54, 1.807) is 45.2 Å². The van der Waals surface area contributed by atoms with Crippen molar-refractivity contribution in [3.63, 3.8) is 0 Å². The zero-order chi connectivity index (χ0) is 30.0. The lowest BCUT2D eigenvalue weighted by Crippen LogP contribution is -2.35. The molecule has 0 aliphatic heterocycles. The Morgan fingerprint density at radius 1 is 0.927 bits per heavy atom. The molecular formula is C32H42NO7P. The lowest BCUT2D eigenvalue weighted by molar-refractivity contribution is -0.144. The molecule has 2 atom stereocenters. The van der Waals surface area contributed by atoms with Gasteiger partial charge < -0.3 is 23.5 Å². The highest BCUT2D eigenvalue weighted by Crippen LogP contribution is 2.44. The molecule has 0 bridgehead atoms. The number of benzene rings is 3. The summed E-state index contributed by atoms with van der Waals surface area (Å²) in [6.45, 7) is 12.1. The number of esters is 1. The summed E-state index contributed by atoms with van der Waals surface area (Å²) < 4.78 is 41.6. The first-order valence-electron chi connectivity index (χ1n) is 13.8. The Hall–Kier alpha value is -3.32. The van der Waals surface area contributed by atoms with Crippen LogP contribution in [0.3, 0.4) is 0 Å². The van der Waals surface area contributed by atoms with Gasteiger partial charge in [-0.15, -0.1) is 0 Å². The molecule has 0 radical (unpaired) electrons. The topological polar surface area (TPSA) is 92.3 Å². The number of methoxy groups -OCH3 is 1. The van der Waals surface area contributed by atoms with E-state index in [2.05, 4.69) is 31.1 Å². The Morgan fingerprint density at radius 3 is 2.22 bits per heavy atom. The zero-order valence-electron chi connectivity index (χ0n) is 25.1. The second-order valence-corrected chi connectivity index (χ2v) is 12.3. The second-order valence-electron chi connectivity index (χ2n) is 10.2. The van der Waals surface area contributed by atoms with Crippen LogP contribution < -0.4 is 19.1 Å². The highest BCUT2D eigenvalue weighted by atomic mass is 31.2. The lowest BCUT2D eigenvalue weighted by atomic mass is 9.93. The molecule has 0 heterocycles. The number of carbonyl (C=O) groups excluding carboxylic acids is 1. The van der Waals surface area contributed by atoms with E-state index < -0.39 is 19.5 Å². The summed E-state index contributed by atoms with van der Waals surface area (Å²) >= 11 is 0. The van der Waals surface area contributed by atoms with Crippen molar-refractivity contribution in [2.24, 2.45) is 0 Å². The van der Waals surface area contributed by atoms with Crippen LogP contribution in [-0.4, -0.2) is 38.9 Å². The van der Waals surface area contributed by atoms with Gasteiger partial charge in [0.1, 0.15) is 23.3 Å². The van der Waals surface area contributed by atoms with Gasteiger partial charge in [-0.3, -0.25) is 9.36 Å². The van der Waals surface area contributed by atoms with Crippen LogP contribution in [0.15, 0.2) is 60.7 Å². The van der Waals surface area contributed by atoms with Crippen LogP contribution in [0.2, 0.25) is 0 Å². The van der Waals surface area contributed by atoms with Gasteiger partial charge in [-0.25, -0.2) is 5.09 Å². The number of ether oxygens (including phenoxy) is 4. The van der Waals surface area contributed by atoms with E-state index in [0.717, 1.165) is 28.9 Å². The first-order chi connectivity index (χ1) is 19.5. The van der Waals surface area contributed by atoms with Gasteiger partial charge >= 0.3 is 13.5 Å². The van der Waals surface area contributed by atoms with Gasteiger partial charge in [0.2, 0.25) is 0 Å². The molecule has 0 aliphatic carbocycles. The Balaban J connectivity index is 1.79. The number of para-hydroxylation sites is 1. The van der Waals surface area contributed by atoms with Crippen LogP contribution in [-0.2, 0) is 25.3 Å². The van der Waals surface area contributed by atoms with Crippen molar-refractivity contribution in [2.75, 3.05) is 26.9 Å².